The Hall–Kier alpha value is -1.57. The van der Waals surface area contributed by atoms with Gasteiger partial charge < -0.3 is 15.1 Å². The second-order valence-corrected chi connectivity index (χ2v) is 5.66. The predicted octanol–water partition coefficient (Wildman–Crippen LogP) is 3.52. The van der Waals surface area contributed by atoms with Crippen molar-refractivity contribution in [1.29, 1.82) is 0 Å². The van der Waals surface area contributed by atoms with Crippen LogP contribution in [0.5, 0.6) is 0 Å². The summed E-state index contributed by atoms with van der Waals surface area (Å²) in [5.74, 6) is 0.382. The molecule has 0 bridgehead atoms. The second kappa shape index (κ2) is 5.43. The summed E-state index contributed by atoms with van der Waals surface area (Å²) in [5, 5.41) is 5.74. The van der Waals surface area contributed by atoms with Crippen LogP contribution >= 0.6 is 22.6 Å². The number of fused-ring (bicyclic) bond motifs is 1. The molecule has 1 aromatic heterocycles. The zero-order valence-electron chi connectivity index (χ0n) is 10.5. The summed E-state index contributed by atoms with van der Waals surface area (Å²) in [7, 11) is 0. The van der Waals surface area contributed by atoms with Crippen molar-refractivity contribution in [2.24, 2.45) is 0 Å². The van der Waals surface area contributed by atoms with Crippen LogP contribution in [0.2, 0.25) is 0 Å². The Morgan fingerprint density at radius 1 is 1.35 bits per heavy atom. The van der Waals surface area contributed by atoms with Gasteiger partial charge in [0.05, 0.1) is 12.2 Å². The molecule has 2 aromatic rings. The van der Waals surface area contributed by atoms with Crippen molar-refractivity contribution in [1.82, 2.24) is 0 Å². The first kappa shape index (κ1) is 13.4. The van der Waals surface area contributed by atoms with E-state index in [2.05, 4.69) is 33.2 Å². The Morgan fingerprint density at radius 2 is 2.20 bits per heavy atom. The molecule has 0 radical (unpaired) electrons. The fourth-order valence-corrected chi connectivity index (χ4v) is 2.63. The number of benzene rings is 1. The molecule has 20 heavy (non-hydrogen) atoms. The van der Waals surface area contributed by atoms with Gasteiger partial charge in [-0.15, -0.1) is 0 Å². The largest absolute Gasteiger partial charge is 0.454 e. The lowest BCUT2D eigenvalue weighted by Gasteiger charge is -2.18. The highest BCUT2D eigenvalue weighted by molar-refractivity contribution is 14.1. The van der Waals surface area contributed by atoms with Gasteiger partial charge in [0.2, 0.25) is 5.91 Å². The molecule has 2 heterocycles. The number of hydrogen-bond donors (Lipinski definition) is 2. The summed E-state index contributed by atoms with van der Waals surface area (Å²) in [4.78, 5) is 11.4. The van der Waals surface area contributed by atoms with Gasteiger partial charge in [-0.3, -0.25) is 4.79 Å². The smallest absolute Gasteiger partial charge is 0.224 e. The number of furan rings is 1. The van der Waals surface area contributed by atoms with E-state index in [1.165, 1.54) is 6.07 Å². The van der Waals surface area contributed by atoms with E-state index in [4.69, 9.17) is 4.42 Å². The van der Waals surface area contributed by atoms with Crippen molar-refractivity contribution in [3.05, 3.63) is 45.2 Å². The summed E-state index contributed by atoms with van der Waals surface area (Å²) in [6.45, 7) is 0.395. The van der Waals surface area contributed by atoms with Crippen LogP contribution in [0.25, 0.3) is 0 Å². The highest BCUT2D eigenvalue weighted by Gasteiger charge is 2.17. The molecular weight excluding hydrogens is 374 g/mol. The van der Waals surface area contributed by atoms with Crippen LogP contribution in [0.3, 0.4) is 0 Å². The summed E-state index contributed by atoms with van der Waals surface area (Å²) >= 11 is 2.08. The van der Waals surface area contributed by atoms with E-state index in [0.29, 0.717) is 30.8 Å². The fraction of sp³-hybridized carbons (Fsp3) is 0.214. The van der Waals surface area contributed by atoms with Gasteiger partial charge >= 0.3 is 0 Å². The van der Waals surface area contributed by atoms with Gasteiger partial charge in [-0.2, -0.15) is 0 Å². The number of anilines is 2. The minimum Gasteiger partial charge on any atom is -0.454 e. The van der Waals surface area contributed by atoms with E-state index in [1.54, 1.807) is 6.07 Å². The Morgan fingerprint density at radius 3 is 2.95 bits per heavy atom. The molecule has 2 N–H and O–H groups in total. The molecule has 0 aliphatic carbocycles. The lowest BCUT2D eigenvalue weighted by atomic mass is 10.0. The van der Waals surface area contributed by atoms with Crippen LogP contribution in [0.1, 0.15) is 17.7 Å². The lowest BCUT2D eigenvalue weighted by molar-refractivity contribution is -0.116. The van der Waals surface area contributed by atoms with Gasteiger partial charge in [0, 0.05) is 12.1 Å². The molecule has 0 saturated carbocycles. The third kappa shape index (κ3) is 2.79. The molecule has 1 aliphatic rings. The fourth-order valence-electron chi connectivity index (χ4n) is 2.16. The van der Waals surface area contributed by atoms with Crippen molar-refractivity contribution in [3.63, 3.8) is 0 Å². The predicted molar refractivity (Wildman–Crippen MR) is 82.1 cm³/mol. The summed E-state index contributed by atoms with van der Waals surface area (Å²) < 4.78 is 20.2. The van der Waals surface area contributed by atoms with E-state index < -0.39 is 0 Å². The van der Waals surface area contributed by atoms with E-state index in [-0.39, 0.29) is 11.7 Å². The van der Waals surface area contributed by atoms with Crippen LogP contribution in [0.15, 0.2) is 28.7 Å². The molecule has 0 saturated heterocycles. The first-order valence-corrected chi connectivity index (χ1v) is 7.30. The highest BCUT2D eigenvalue weighted by Crippen LogP contribution is 2.29. The van der Waals surface area contributed by atoms with Crippen LogP contribution in [0.4, 0.5) is 15.8 Å². The topological polar surface area (TPSA) is 54.3 Å². The number of nitrogens with one attached hydrogen (secondary N) is 2. The van der Waals surface area contributed by atoms with Crippen molar-refractivity contribution in [2.45, 2.75) is 19.4 Å². The minimum atomic E-state index is -0.318. The normalized spacial score (nSPS) is 13.8. The van der Waals surface area contributed by atoms with Gasteiger partial charge in [-0.05, 0) is 58.8 Å². The molecule has 0 fully saturated rings. The quantitative estimate of drug-likeness (QED) is 0.794. The Bertz CT molecular complexity index is 669. The first-order chi connectivity index (χ1) is 9.61. The molecule has 1 aliphatic heterocycles. The van der Waals surface area contributed by atoms with Crippen molar-refractivity contribution in [3.8, 4) is 0 Å². The molecule has 0 unspecified atom stereocenters. The van der Waals surface area contributed by atoms with E-state index in [1.807, 2.05) is 12.1 Å². The highest BCUT2D eigenvalue weighted by atomic mass is 127. The number of halogens is 2. The van der Waals surface area contributed by atoms with Gasteiger partial charge in [0.25, 0.3) is 0 Å². The van der Waals surface area contributed by atoms with Crippen molar-refractivity contribution >= 4 is 39.9 Å². The van der Waals surface area contributed by atoms with Crippen LogP contribution < -0.4 is 10.6 Å². The summed E-state index contributed by atoms with van der Waals surface area (Å²) in [5.41, 5.74) is 1.87. The number of aryl methyl sites for hydroxylation is 1. The number of amides is 1. The molecule has 1 aromatic carbocycles. The van der Waals surface area contributed by atoms with Gasteiger partial charge in [0.15, 0.2) is 3.77 Å². The maximum atomic E-state index is 14.0. The molecule has 4 nitrogen and oxygen atoms in total. The number of carbonyl (C=O) groups excluding carboxylic acids is 1. The van der Waals surface area contributed by atoms with Crippen LogP contribution in [0, 0.1) is 9.58 Å². The van der Waals surface area contributed by atoms with Crippen LogP contribution in [-0.2, 0) is 17.8 Å². The Kier molecular flexibility index (Phi) is 3.64. The molecule has 1 amide bonds. The monoisotopic (exact) mass is 386 g/mol. The van der Waals surface area contributed by atoms with Gasteiger partial charge in [-0.25, -0.2) is 4.39 Å². The maximum absolute atomic E-state index is 14.0. The second-order valence-electron chi connectivity index (χ2n) is 4.60. The maximum Gasteiger partial charge on any atom is 0.224 e. The minimum absolute atomic E-state index is 0.0318. The standard InChI is InChI=1S/C14H12FIN2O2/c15-10-5-8-1-4-14(19)18-11(8)6-12(10)17-7-9-2-3-13(16)20-9/h2-3,5-6,17H,1,4,7H2,(H,18,19). The Balaban J connectivity index is 1.79. The number of hydrogen-bond acceptors (Lipinski definition) is 3. The van der Waals surface area contributed by atoms with Crippen molar-refractivity contribution in [2.75, 3.05) is 10.6 Å². The third-order valence-electron chi connectivity index (χ3n) is 3.17. The molecule has 104 valence electrons. The summed E-state index contributed by atoms with van der Waals surface area (Å²) in [6.07, 6.45) is 0.985. The molecule has 3 rings (SSSR count). The Labute approximate surface area is 128 Å². The van der Waals surface area contributed by atoms with Crippen LogP contribution in [-0.4, -0.2) is 5.91 Å². The van der Waals surface area contributed by atoms with E-state index in [9.17, 15) is 9.18 Å². The molecule has 0 atom stereocenters. The zero-order chi connectivity index (χ0) is 14.1. The van der Waals surface area contributed by atoms with Gasteiger partial charge in [0.1, 0.15) is 11.6 Å². The average Bonchev–Trinajstić information content (AvgIpc) is 2.83. The average molecular weight is 386 g/mol. The molecule has 6 heteroatoms. The zero-order valence-corrected chi connectivity index (χ0v) is 12.7. The van der Waals surface area contributed by atoms with E-state index in [0.717, 1.165) is 15.1 Å². The lowest BCUT2D eigenvalue weighted by Crippen LogP contribution is -2.19. The first-order valence-electron chi connectivity index (χ1n) is 6.22. The number of carbonyl (C=O) groups is 1. The van der Waals surface area contributed by atoms with Crippen molar-refractivity contribution < 1.29 is 13.6 Å². The summed E-state index contributed by atoms with van der Waals surface area (Å²) in [6, 6.07) is 6.80. The molecular formula is C14H12FIN2O2. The van der Waals surface area contributed by atoms with E-state index >= 15 is 0 Å². The number of rotatable bonds is 3. The third-order valence-corrected chi connectivity index (χ3v) is 3.75. The molecule has 0 spiro atoms. The van der Waals surface area contributed by atoms with Gasteiger partial charge in [-0.1, -0.05) is 0 Å². The SMILES string of the molecule is O=C1CCc2cc(F)c(NCc3ccc(I)o3)cc2N1.